The van der Waals surface area contributed by atoms with Crippen molar-refractivity contribution in [2.24, 2.45) is 5.92 Å². The fraction of sp³-hybridized carbons (Fsp3) is 0.711. The second-order valence-electron chi connectivity index (χ2n) is 13.4. The molecule has 0 amide bonds. The largest absolute Gasteiger partial charge is 0.744 e. The van der Waals surface area contributed by atoms with Crippen LogP contribution >= 0.6 is 11.3 Å². The van der Waals surface area contributed by atoms with Crippen molar-refractivity contribution in [2.75, 3.05) is 19.8 Å². The summed E-state index contributed by atoms with van der Waals surface area (Å²) in [6.45, 7) is 6.57. The standard InChI is InChI=1S/C31H55N2O5S.C7H8O3S/c1-2-3-4-5-6-7-8-9-10-11-12-13-16-19-32-38-31(35)24-28-23-29(36-25-28)26-37-30(34)18-15-14-17-20-33-21-22-39-27-33;1-6-2-4-7(5-3-6)11(8,9)10/h21-22,27-29,32H,2-20,23-26H2,1H3;2-5H,1H3,(H,8,9,10)/q+1;/p-1. The van der Waals surface area contributed by atoms with Gasteiger partial charge in [0.15, 0.2) is 6.20 Å². The number of rotatable bonds is 26. The average molecular weight is 739 g/mol. The second kappa shape index (κ2) is 27.3. The number of benzene rings is 1. The molecule has 284 valence electrons. The van der Waals surface area contributed by atoms with Crippen LogP contribution in [0.5, 0.6) is 0 Å². The van der Waals surface area contributed by atoms with Gasteiger partial charge in [0.05, 0.1) is 29.4 Å². The molecule has 1 fully saturated rings. The molecule has 0 bridgehead atoms. The van der Waals surface area contributed by atoms with E-state index in [9.17, 15) is 22.6 Å². The summed E-state index contributed by atoms with van der Waals surface area (Å²) in [7, 11) is -4.27. The van der Waals surface area contributed by atoms with Crippen molar-refractivity contribution < 1.29 is 41.4 Å². The fourth-order valence-corrected chi connectivity index (χ4v) is 6.85. The topological polar surface area (TPSA) is 135 Å². The van der Waals surface area contributed by atoms with Crippen LogP contribution in [-0.4, -0.2) is 50.8 Å². The van der Waals surface area contributed by atoms with Gasteiger partial charge in [0.25, 0.3) is 0 Å². The molecule has 2 atom stereocenters. The third-order valence-electron chi connectivity index (χ3n) is 8.75. The number of thiazole rings is 1. The lowest BCUT2D eigenvalue weighted by molar-refractivity contribution is -0.692. The monoisotopic (exact) mass is 738 g/mol. The minimum Gasteiger partial charge on any atom is -0.744 e. The molecule has 1 saturated heterocycles. The van der Waals surface area contributed by atoms with Gasteiger partial charge in [-0.05, 0) is 50.7 Å². The van der Waals surface area contributed by atoms with Gasteiger partial charge in [0.2, 0.25) is 5.51 Å². The average Bonchev–Trinajstić information content (AvgIpc) is 3.78. The van der Waals surface area contributed by atoms with Gasteiger partial charge in [0.1, 0.15) is 23.3 Å². The second-order valence-corrected chi connectivity index (χ2v) is 15.5. The summed E-state index contributed by atoms with van der Waals surface area (Å²) in [5.41, 5.74) is 5.85. The smallest absolute Gasteiger partial charge is 0.325 e. The van der Waals surface area contributed by atoms with Gasteiger partial charge in [-0.15, -0.1) is 0 Å². The fourth-order valence-electron chi connectivity index (χ4n) is 5.75. The lowest BCUT2D eigenvalue weighted by Crippen LogP contribution is -2.29. The summed E-state index contributed by atoms with van der Waals surface area (Å²) >= 11 is 1.69. The Kier molecular flexibility index (Phi) is 23.9. The summed E-state index contributed by atoms with van der Waals surface area (Å²) < 4.78 is 44.5. The van der Waals surface area contributed by atoms with Gasteiger partial charge in [-0.25, -0.2) is 8.42 Å². The Labute approximate surface area is 305 Å². The molecular weight excluding hydrogens is 677 g/mol. The van der Waals surface area contributed by atoms with Crippen molar-refractivity contribution in [1.29, 1.82) is 0 Å². The van der Waals surface area contributed by atoms with Crippen molar-refractivity contribution >= 4 is 33.4 Å². The third-order valence-corrected chi connectivity index (χ3v) is 10.3. The number of carbonyl (C=O) groups is 2. The number of esters is 1. The van der Waals surface area contributed by atoms with Crippen molar-refractivity contribution in [3.63, 3.8) is 0 Å². The van der Waals surface area contributed by atoms with E-state index in [4.69, 9.17) is 14.3 Å². The highest BCUT2D eigenvalue weighted by Crippen LogP contribution is 2.23. The molecule has 3 rings (SSSR count). The van der Waals surface area contributed by atoms with Gasteiger partial charge in [-0.2, -0.15) is 10.0 Å². The summed E-state index contributed by atoms with van der Waals surface area (Å²) in [6, 6.07) is 5.78. The molecule has 0 saturated carbocycles. The number of aromatic nitrogens is 1. The molecule has 1 aliphatic heterocycles. The first-order chi connectivity index (χ1) is 24.2. The predicted octanol–water partition coefficient (Wildman–Crippen LogP) is 7.97. The molecule has 12 heteroatoms. The van der Waals surface area contributed by atoms with E-state index < -0.39 is 10.1 Å². The zero-order chi connectivity index (χ0) is 36.3. The molecule has 2 aromatic rings. The van der Waals surface area contributed by atoms with Crippen molar-refractivity contribution in [2.45, 2.75) is 153 Å². The molecule has 1 aliphatic rings. The number of hydrogen-bond acceptors (Lipinski definition) is 10. The van der Waals surface area contributed by atoms with E-state index >= 15 is 0 Å². The molecule has 0 aliphatic carbocycles. The maximum Gasteiger partial charge on any atom is 0.325 e. The van der Waals surface area contributed by atoms with E-state index in [0.717, 1.165) is 44.2 Å². The van der Waals surface area contributed by atoms with Crippen LogP contribution in [0.1, 0.15) is 134 Å². The highest BCUT2D eigenvalue weighted by Gasteiger charge is 2.28. The van der Waals surface area contributed by atoms with Crippen LogP contribution in [0.3, 0.4) is 0 Å². The van der Waals surface area contributed by atoms with Crippen LogP contribution in [0.4, 0.5) is 0 Å². The number of ether oxygens (including phenoxy) is 2. The Balaban J connectivity index is 0.000000666. The lowest BCUT2D eigenvalue weighted by Gasteiger charge is -2.11. The first-order valence-electron chi connectivity index (χ1n) is 18.8. The zero-order valence-electron chi connectivity index (χ0n) is 30.5. The van der Waals surface area contributed by atoms with E-state index in [2.05, 4.69) is 34.1 Å². The van der Waals surface area contributed by atoms with E-state index in [1.165, 1.54) is 89.2 Å². The van der Waals surface area contributed by atoms with Crippen LogP contribution < -0.4 is 10.0 Å². The first-order valence-corrected chi connectivity index (χ1v) is 21.2. The SMILES string of the molecule is CCCCCCCCCCCCCCCNOC(=O)CC1COC(COC(=O)CCCCC[n+]2ccsc2)C1.Cc1ccc(S(=O)(=O)[O-])cc1. The number of aryl methyl sites for hydroxylation is 2. The van der Waals surface area contributed by atoms with Gasteiger partial charge in [-0.3, -0.25) is 9.59 Å². The summed E-state index contributed by atoms with van der Waals surface area (Å²) in [4.78, 5) is 29.2. The number of hydrogen-bond donors (Lipinski definition) is 1. The van der Waals surface area contributed by atoms with E-state index in [1.807, 2.05) is 6.92 Å². The number of carbonyl (C=O) groups excluding carboxylic acids is 2. The molecule has 2 heterocycles. The van der Waals surface area contributed by atoms with Crippen molar-refractivity contribution in [3.05, 3.63) is 46.9 Å². The van der Waals surface area contributed by atoms with Gasteiger partial charge in [0, 0.05) is 19.4 Å². The molecule has 0 spiro atoms. The molecule has 2 unspecified atom stereocenters. The Morgan fingerprint density at radius 2 is 1.52 bits per heavy atom. The van der Waals surface area contributed by atoms with Crippen LogP contribution in [0.15, 0.2) is 46.2 Å². The molecule has 0 radical (unpaired) electrons. The van der Waals surface area contributed by atoms with Crippen LogP contribution in [0, 0.1) is 12.8 Å². The molecule has 10 nitrogen and oxygen atoms in total. The highest BCUT2D eigenvalue weighted by atomic mass is 32.2. The van der Waals surface area contributed by atoms with E-state index in [1.54, 1.807) is 23.5 Å². The minimum absolute atomic E-state index is 0.119. The van der Waals surface area contributed by atoms with Gasteiger partial charge >= 0.3 is 11.9 Å². The molecule has 1 aromatic heterocycles. The highest BCUT2D eigenvalue weighted by molar-refractivity contribution is 7.85. The number of nitrogens with one attached hydrogen (secondary N) is 1. The van der Waals surface area contributed by atoms with Gasteiger partial charge in [-0.1, -0.05) is 113 Å². The van der Waals surface area contributed by atoms with E-state index in [-0.39, 0.29) is 35.5 Å². The molecule has 1 aromatic carbocycles. The maximum atomic E-state index is 12.1. The number of nitrogens with zero attached hydrogens (tertiary/aromatic N) is 1. The normalized spacial score (nSPS) is 15.7. The first kappa shape index (κ1) is 43.8. The predicted molar refractivity (Wildman–Crippen MR) is 195 cm³/mol. The quantitative estimate of drug-likeness (QED) is 0.0335. The lowest BCUT2D eigenvalue weighted by atomic mass is 10.0. The Bertz CT molecular complexity index is 1260. The summed E-state index contributed by atoms with van der Waals surface area (Å²) in [6.07, 6.45) is 23.6. The van der Waals surface area contributed by atoms with Gasteiger partial charge < -0.3 is 18.9 Å². The van der Waals surface area contributed by atoms with Crippen LogP contribution in [0.25, 0.3) is 0 Å². The maximum absolute atomic E-state index is 12.1. The molecule has 50 heavy (non-hydrogen) atoms. The number of unbranched alkanes of at least 4 members (excludes halogenated alkanes) is 14. The Morgan fingerprint density at radius 1 is 0.900 bits per heavy atom. The minimum atomic E-state index is -4.27. The number of hydroxylamine groups is 1. The molecular formula is C38H62N2O8S2. The van der Waals surface area contributed by atoms with E-state index in [0.29, 0.717) is 26.0 Å². The van der Waals surface area contributed by atoms with Crippen LogP contribution in [-0.2, 0) is 40.6 Å². The van der Waals surface area contributed by atoms with Crippen LogP contribution in [0.2, 0.25) is 0 Å². The third kappa shape index (κ3) is 22.4. The Hall–Kier alpha value is -2.38. The molecule has 1 N–H and O–H groups in total. The van der Waals surface area contributed by atoms with Crippen molar-refractivity contribution in [3.8, 4) is 0 Å². The summed E-state index contributed by atoms with van der Waals surface area (Å²) in [5, 5.41) is 2.06. The Morgan fingerprint density at radius 3 is 2.12 bits per heavy atom. The summed E-state index contributed by atoms with van der Waals surface area (Å²) in [5.74, 6) is -0.285. The zero-order valence-corrected chi connectivity index (χ0v) is 32.1. The van der Waals surface area contributed by atoms with Crippen molar-refractivity contribution in [1.82, 2.24) is 5.48 Å².